The molecule has 0 bridgehead atoms. The van der Waals surface area contributed by atoms with E-state index in [9.17, 15) is 9.59 Å². The van der Waals surface area contributed by atoms with E-state index in [2.05, 4.69) is 10.6 Å². The Bertz CT molecular complexity index is 1380. The lowest BCUT2D eigenvalue weighted by Crippen LogP contribution is -2.41. The van der Waals surface area contributed by atoms with Crippen LogP contribution in [0.1, 0.15) is 24.6 Å². The molecule has 8 nitrogen and oxygen atoms in total. The Hall–Kier alpha value is -4.59. The van der Waals surface area contributed by atoms with Crippen LogP contribution in [-0.4, -0.2) is 46.8 Å². The largest absolute Gasteiger partial charge is 0.497 e. The SMILES string of the molecule is CCCN(CC(=O)Nc1c(-c2ccccc2)c(C)nn1-c1ccc(OC)cc1)C(=O)Nc1ccc(C)cc1. The van der Waals surface area contributed by atoms with Crippen LogP contribution in [0.3, 0.4) is 0 Å². The van der Waals surface area contributed by atoms with E-state index in [-0.39, 0.29) is 18.5 Å². The molecule has 0 saturated carbocycles. The maximum absolute atomic E-state index is 13.4. The zero-order valence-corrected chi connectivity index (χ0v) is 22.2. The second-order valence-corrected chi connectivity index (χ2v) is 9.05. The standard InChI is InChI=1S/C30H33N5O3/c1-5-19-34(30(37)31-24-13-11-21(2)12-14-24)20-27(36)32-29-28(23-9-7-6-8-10-23)22(3)33-35(29)25-15-17-26(38-4)18-16-25/h6-18H,5,19-20H2,1-4H3,(H,31,37)(H,32,36). The third-order valence-corrected chi connectivity index (χ3v) is 6.12. The summed E-state index contributed by atoms with van der Waals surface area (Å²) in [6.45, 7) is 6.21. The molecule has 0 aliphatic rings. The van der Waals surface area contributed by atoms with Crippen LogP contribution in [0.15, 0.2) is 78.9 Å². The van der Waals surface area contributed by atoms with Crippen LogP contribution in [0, 0.1) is 13.8 Å². The number of carbonyl (C=O) groups excluding carboxylic acids is 2. The first-order chi connectivity index (χ1) is 18.4. The fourth-order valence-electron chi connectivity index (χ4n) is 4.21. The van der Waals surface area contributed by atoms with Crippen molar-refractivity contribution in [2.24, 2.45) is 0 Å². The molecule has 0 spiro atoms. The molecule has 3 amide bonds. The Morgan fingerprint density at radius 1 is 0.921 bits per heavy atom. The van der Waals surface area contributed by atoms with E-state index in [0.717, 1.165) is 33.8 Å². The smallest absolute Gasteiger partial charge is 0.322 e. The topological polar surface area (TPSA) is 88.5 Å². The fraction of sp³-hybridized carbons (Fsp3) is 0.233. The molecule has 196 valence electrons. The summed E-state index contributed by atoms with van der Waals surface area (Å²) in [4.78, 5) is 27.9. The average Bonchev–Trinajstić information content (AvgIpc) is 3.25. The number of methoxy groups -OCH3 is 1. The van der Waals surface area contributed by atoms with Gasteiger partial charge in [0.15, 0.2) is 0 Å². The minimum absolute atomic E-state index is 0.105. The second kappa shape index (κ2) is 12.1. The molecule has 2 N–H and O–H groups in total. The highest BCUT2D eigenvalue weighted by molar-refractivity contribution is 5.99. The third-order valence-electron chi connectivity index (χ3n) is 6.12. The van der Waals surface area contributed by atoms with Crippen LogP contribution in [0.25, 0.3) is 16.8 Å². The molecule has 0 atom stereocenters. The molecular formula is C30H33N5O3. The first-order valence-corrected chi connectivity index (χ1v) is 12.6. The van der Waals surface area contributed by atoms with Crippen molar-refractivity contribution < 1.29 is 14.3 Å². The Morgan fingerprint density at radius 3 is 2.24 bits per heavy atom. The minimum Gasteiger partial charge on any atom is -0.497 e. The van der Waals surface area contributed by atoms with Gasteiger partial charge >= 0.3 is 6.03 Å². The Morgan fingerprint density at radius 2 is 1.61 bits per heavy atom. The van der Waals surface area contributed by atoms with Crippen molar-refractivity contribution in [3.05, 3.63) is 90.1 Å². The van der Waals surface area contributed by atoms with Gasteiger partial charge in [-0.2, -0.15) is 5.10 Å². The number of aryl methyl sites for hydroxylation is 2. The molecular weight excluding hydrogens is 478 g/mol. The van der Waals surface area contributed by atoms with Gasteiger partial charge in [0.25, 0.3) is 0 Å². The summed E-state index contributed by atoms with van der Waals surface area (Å²) >= 11 is 0. The number of amides is 3. The number of nitrogens with zero attached hydrogens (tertiary/aromatic N) is 3. The van der Waals surface area contributed by atoms with Crippen LogP contribution in [0.2, 0.25) is 0 Å². The number of rotatable bonds is 9. The van der Waals surface area contributed by atoms with E-state index in [1.807, 2.05) is 99.6 Å². The molecule has 4 rings (SSSR count). The highest BCUT2D eigenvalue weighted by atomic mass is 16.5. The number of benzene rings is 3. The number of carbonyl (C=O) groups is 2. The molecule has 3 aromatic carbocycles. The average molecular weight is 512 g/mol. The van der Waals surface area contributed by atoms with Crippen molar-refractivity contribution in [3.63, 3.8) is 0 Å². The van der Waals surface area contributed by atoms with Gasteiger partial charge < -0.3 is 20.3 Å². The van der Waals surface area contributed by atoms with E-state index < -0.39 is 0 Å². The van der Waals surface area contributed by atoms with Gasteiger partial charge in [-0.3, -0.25) is 4.79 Å². The van der Waals surface area contributed by atoms with Crippen LogP contribution in [-0.2, 0) is 4.79 Å². The monoisotopic (exact) mass is 511 g/mol. The van der Waals surface area contributed by atoms with Gasteiger partial charge in [-0.15, -0.1) is 0 Å². The molecule has 4 aromatic rings. The zero-order valence-electron chi connectivity index (χ0n) is 22.2. The van der Waals surface area contributed by atoms with E-state index >= 15 is 0 Å². The number of anilines is 2. The quantitative estimate of drug-likeness (QED) is 0.286. The summed E-state index contributed by atoms with van der Waals surface area (Å²) in [5, 5.41) is 10.7. The summed E-state index contributed by atoms with van der Waals surface area (Å²) in [5.74, 6) is 0.949. The van der Waals surface area contributed by atoms with E-state index in [1.165, 1.54) is 4.90 Å². The van der Waals surface area contributed by atoms with Crippen molar-refractivity contribution in [2.45, 2.75) is 27.2 Å². The minimum atomic E-state index is -0.325. The summed E-state index contributed by atoms with van der Waals surface area (Å²) in [6, 6.07) is 24.5. The van der Waals surface area contributed by atoms with Gasteiger partial charge in [-0.05, 0) is 62.2 Å². The number of ether oxygens (including phenoxy) is 1. The van der Waals surface area contributed by atoms with Gasteiger partial charge in [0, 0.05) is 17.8 Å². The molecule has 8 heteroatoms. The molecule has 1 heterocycles. The number of aromatic nitrogens is 2. The van der Waals surface area contributed by atoms with Crippen molar-refractivity contribution >= 4 is 23.4 Å². The van der Waals surface area contributed by atoms with Gasteiger partial charge in [0.05, 0.1) is 18.5 Å². The maximum atomic E-state index is 13.4. The zero-order chi connectivity index (χ0) is 27.1. The predicted octanol–water partition coefficient (Wildman–Crippen LogP) is 6.05. The Kier molecular flexibility index (Phi) is 8.43. The summed E-state index contributed by atoms with van der Waals surface area (Å²) in [5.41, 5.74) is 5.08. The van der Waals surface area contributed by atoms with Gasteiger partial charge in [-0.25, -0.2) is 9.48 Å². The molecule has 0 aliphatic carbocycles. The first-order valence-electron chi connectivity index (χ1n) is 12.6. The summed E-state index contributed by atoms with van der Waals surface area (Å²) < 4.78 is 7.01. The van der Waals surface area contributed by atoms with E-state index in [1.54, 1.807) is 11.8 Å². The molecule has 0 radical (unpaired) electrons. The van der Waals surface area contributed by atoms with Crippen molar-refractivity contribution in [1.29, 1.82) is 0 Å². The normalized spacial score (nSPS) is 10.6. The highest BCUT2D eigenvalue weighted by Crippen LogP contribution is 2.33. The summed E-state index contributed by atoms with van der Waals surface area (Å²) in [6.07, 6.45) is 0.715. The van der Waals surface area contributed by atoms with Crippen molar-refractivity contribution in [3.8, 4) is 22.6 Å². The predicted molar refractivity (Wildman–Crippen MR) is 151 cm³/mol. The molecule has 0 fully saturated rings. The number of hydrogen-bond donors (Lipinski definition) is 2. The number of hydrogen-bond acceptors (Lipinski definition) is 4. The van der Waals surface area contributed by atoms with Crippen LogP contribution in [0.5, 0.6) is 5.75 Å². The first kappa shape index (κ1) is 26.5. The van der Waals surface area contributed by atoms with Crippen LogP contribution < -0.4 is 15.4 Å². The summed E-state index contributed by atoms with van der Waals surface area (Å²) in [7, 11) is 1.61. The molecule has 0 aliphatic heterocycles. The van der Waals surface area contributed by atoms with E-state index in [0.29, 0.717) is 24.5 Å². The number of urea groups is 1. The van der Waals surface area contributed by atoms with Crippen molar-refractivity contribution in [1.82, 2.24) is 14.7 Å². The fourth-order valence-corrected chi connectivity index (χ4v) is 4.21. The van der Waals surface area contributed by atoms with Gasteiger partial charge in [0.1, 0.15) is 18.1 Å². The lowest BCUT2D eigenvalue weighted by atomic mass is 10.1. The lowest BCUT2D eigenvalue weighted by molar-refractivity contribution is -0.116. The Labute approximate surface area is 223 Å². The third kappa shape index (κ3) is 6.21. The van der Waals surface area contributed by atoms with Gasteiger partial charge in [-0.1, -0.05) is 55.0 Å². The van der Waals surface area contributed by atoms with E-state index in [4.69, 9.17) is 9.84 Å². The molecule has 1 aromatic heterocycles. The molecule has 0 saturated heterocycles. The second-order valence-electron chi connectivity index (χ2n) is 9.05. The van der Waals surface area contributed by atoms with Gasteiger partial charge in [0.2, 0.25) is 5.91 Å². The number of nitrogens with one attached hydrogen (secondary N) is 2. The maximum Gasteiger partial charge on any atom is 0.322 e. The molecule has 38 heavy (non-hydrogen) atoms. The van der Waals surface area contributed by atoms with Crippen LogP contribution >= 0.6 is 0 Å². The lowest BCUT2D eigenvalue weighted by Gasteiger charge is -2.22. The Balaban J connectivity index is 1.62. The van der Waals surface area contributed by atoms with Crippen LogP contribution in [0.4, 0.5) is 16.3 Å². The molecule has 0 unspecified atom stereocenters. The highest BCUT2D eigenvalue weighted by Gasteiger charge is 2.23. The van der Waals surface area contributed by atoms with Crippen molar-refractivity contribution in [2.75, 3.05) is 30.8 Å².